The van der Waals surface area contributed by atoms with Crippen molar-refractivity contribution in [2.24, 2.45) is 5.73 Å². The third-order valence-corrected chi connectivity index (χ3v) is 3.68. The van der Waals surface area contributed by atoms with Crippen LogP contribution >= 0.6 is 11.3 Å². The zero-order valence-corrected chi connectivity index (χ0v) is 11.0. The largest absolute Gasteiger partial charge is 0.351 e. The van der Waals surface area contributed by atoms with E-state index in [0.29, 0.717) is 16.7 Å². The molecule has 0 aliphatic carbocycles. The Morgan fingerprint density at radius 2 is 2.22 bits per heavy atom. The first kappa shape index (κ1) is 12.5. The maximum atomic E-state index is 11.6. The van der Waals surface area contributed by atoms with E-state index < -0.39 is 6.03 Å². The Labute approximate surface area is 109 Å². The van der Waals surface area contributed by atoms with E-state index in [2.05, 4.69) is 23.8 Å². The predicted molar refractivity (Wildman–Crippen MR) is 72.2 cm³/mol. The summed E-state index contributed by atoms with van der Waals surface area (Å²) in [6.45, 7) is 4.16. The van der Waals surface area contributed by atoms with Crippen LogP contribution in [0.2, 0.25) is 0 Å². The summed E-state index contributed by atoms with van der Waals surface area (Å²) in [6, 6.07) is 2.96. The van der Waals surface area contributed by atoms with E-state index in [1.807, 2.05) is 0 Å². The van der Waals surface area contributed by atoms with E-state index in [1.54, 1.807) is 30.7 Å². The van der Waals surface area contributed by atoms with E-state index in [0.717, 1.165) is 4.88 Å². The van der Waals surface area contributed by atoms with Crippen LogP contribution in [-0.4, -0.2) is 16.0 Å². The number of thiazole rings is 1. The van der Waals surface area contributed by atoms with Gasteiger partial charge in [0.1, 0.15) is 0 Å². The van der Waals surface area contributed by atoms with Gasteiger partial charge >= 0.3 is 6.03 Å². The Bertz CT molecular complexity index is 538. The highest BCUT2D eigenvalue weighted by atomic mass is 32.1. The second kappa shape index (κ2) is 5.14. The first-order valence-corrected chi connectivity index (χ1v) is 6.36. The van der Waals surface area contributed by atoms with Crippen molar-refractivity contribution in [1.82, 2.24) is 9.97 Å². The highest BCUT2D eigenvalue weighted by Crippen LogP contribution is 2.31. The lowest BCUT2D eigenvalue weighted by atomic mass is 10.2. The van der Waals surface area contributed by atoms with Gasteiger partial charge in [-0.05, 0) is 18.1 Å². The summed E-state index contributed by atoms with van der Waals surface area (Å²) in [6.07, 6.45) is 5.00. The normalized spacial score (nSPS) is 10.6. The molecule has 94 valence electrons. The number of urea groups is 1. The summed E-state index contributed by atoms with van der Waals surface area (Å²) < 4.78 is 0. The summed E-state index contributed by atoms with van der Waals surface area (Å²) in [5, 5.41) is 0.569. The van der Waals surface area contributed by atoms with Crippen molar-refractivity contribution in [2.75, 3.05) is 4.90 Å². The summed E-state index contributed by atoms with van der Waals surface area (Å²) in [7, 11) is 0. The zero-order chi connectivity index (χ0) is 13.1. The summed E-state index contributed by atoms with van der Waals surface area (Å²) >= 11 is 1.46. The van der Waals surface area contributed by atoms with Gasteiger partial charge in [-0.3, -0.25) is 4.98 Å². The zero-order valence-electron chi connectivity index (χ0n) is 10.2. The topological polar surface area (TPSA) is 72.1 Å². The third kappa shape index (κ3) is 2.48. The third-order valence-electron chi connectivity index (χ3n) is 2.40. The Balaban J connectivity index is 2.39. The number of aromatic nitrogens is 2. The van der Waals surface area contributed by atoms with Gasteiger partial charge in [0.15, 0.2) is 5.13 Å². The molecule has 0 aliphatic rings. The smallest absolute Gasteiger partial charge is 0.325 e. The first-order valence-electron chi connectivity index (χ1n) is 5.55. The molecule has 2 N–H and O–H groups in total. The average molecular weight is 262 g/mol. The second-order valence-corrected chi connectivity index (χ2v) is 5.13. The Kier molecular flexibility index (Phi) is 3.57. The fraction of sp³-hybridized carbons (Fsp3) is 0.250. The van der Waals surface area contributed by atoms with Crippen molar-refractivity contribution in [3.05, 3.63) is 35.6 Å². The van der Waals surface area contributed by atoms with Gasteiger partial charge in [0.25, 0.3) is 0 Å². The number of amides is 2. The molecular formula is C12H14N4OS. The SMILES string of the molecule is CC(C)c1cnc(N(C(N)=O)c2cccnc2)s1. The predicted octanol–water partition coefficient (Wildman–Crippen LogP) is 2.88. The van der Waals surface area contributed by atoms with Crippen LogP contribution in [0.4, 0.5) is 15.6 Å². The lowest BCUT2D eigenvalue weighted by molar-refractivity contribution is 0.256. The molecule has 0 aliphatic heterocycles. The van der Waals surface area contributed by atoms with E-state index in [1.165, 1.54) is 16.2 Å². The van der Waals surface area contributed by atoms with Crippen LogP contribution in [0, 0.1) is 0 Å². The molecule has 0 radical (unpaired) electrons. The minimum atomic E-state index is -0.562. The van der Waals surface area contributed by atoms with Gasteiger partial charge in [-0.25, -0.2) is 14.7 Å². The number of primary amides is 1. The highest BCUT2D eigenvalue weighted by Gasteiger charge is 2.19. The Morgan fingerprint density at radius 1 is 1.44 bits per heavy atom. The first-order chi connectivity index (χ1) is 8.59. The molecule has 0 aromatic carbocycles. The molecule has 2 rings (SSSR count). The number of nitrogens with zero attached hydrogens (tertiary/aromatic N) is 3. The van der Waals surface area contributed by atoms with E-state index in [-0.39, 0.29) is 0 Å². The molecule has 2 amide bonds. The average Bonchev–Trinajstić information content (AvgIpc) is 2.79. The van der Waals surface area contributed by atoms with E-state index in [9.17, 15) is 4.79 Å². The number of rotatable bonds is 3. The van der Waals surface area contributed by atoms with Crippen LogP contribution in [0.1, 0.15) is 24.6 Å². The molecule has 0 atom stereocenters. The molecule has 0 bridgehead atoms. The molecule has 5 nitrogen and oxygen atoms in total. The monoisotopic (exact) mass is 262 g/mol. The highest BCUT2D eigenvalue weighted by molar-refractivity contribution is 7.15. The van der Waals surface area contributed by atoms with Crippen LogP contribution < -0.4 is 10.6 Å². The van der Waals surface area contributed by atoms with Crippen LogP contribution in [0.15, 0.2) is 30.7 Å². The number of hydrogen-bond acceptors (Lipinski definition) is 4. The van der Waals surface area contributed by atoms with Gasteiger partial charge in [0.05, 0.1) is 11.9 Å². The lowest BCUT2D eigenvalue weighted by Gasteiger charge is -2.16. The number of nitrogens with two attached hydrogens (primary N) is 1. The van der Waals surface area contributed by atoms with Crippen LogP contribution in [0.25, 0.3) is 0 Å². The molecule has 0 saturated carbocycles. The van der Waals surface area contributed by atoms with Crippen molar-refractivity contribution < 1.29 is 4.79 Å². The van der Waals surface area contributed by atoms with Crippen molar-refractivity contribution in [3.63, 3.8) is 0 Å². The summed E-state index contributed by atoms with van der Waals surface area (Å²) in [5.41, 5.74) is 6.03. The Morgan fingerprint density at radius 3 is 2.72 bits per heavy atom. The van der Waals surface area contributed by atoms with Crippen molar-refractivity contribution in [2.45, 2.75) is 19.8 Å². The van der Waals surface area contributed by atoms with Crippen LogP contribution in [-0.2, 0) is 0 Å². The lowest BCUT2D eigenvalue weighted by Crippen LogP contribution is -2.31. The molecular weight excluding hydrogens is 248 g/mol. The fourth-order valence-corrected chi connectivity index (χ4v) is 2.41. The number of carbonyl (C=O) groups is 1. The van der Waals surface area contributed by atoms with Gasteiger partial charge in [-0.2, -0.15) is 0 Å². The van der Waals surface area contributed by atoms with Gasteiger partial charge < -0.3 is 5.73 Å². The molecule has 2 aromatic rings. The number of carbonyl (C=O) groups excluding carboxylic acids is 1. The molecule has 18 heavy (non-hydrogen) atoms. The number of pyridine rings is 1. The fourth-order valence-electron chi connectivity index (χ4n) is 1.47. The molecule has 0 fully saturated rings. The molecule has 6 heteroatoms. The van der Waals surface area contributed by atoms with E-state index >= 15 is 0 Å². The minimum Gasteiger partial charge on any atom is -0.351 e. The van der Waals surface area contributed by atoms with Gasteiger partial charge in [-0.1, -0.05) is 13.8 Å². The quantitative estimate of drug-likeness (QED) is 0.924. The molecule has 2 heterocycles. The molecule has 0 spiro atoms. The maximum absolute atomic E-state index is 11.6. The standard InChI is InChI=1S/C12H14N4OS/c1-8(2)10-7-15-12(18-10)16(11(13)17)9-4-3-5-14-6-9/h3-8H,1-2H3,(H2,13,17). The second-order valence-electron chi connectivity index (χ2n) is 4.08. The number of anilines is 2. The minimum absolute atomic E-state index is 0.375. The molecule has 2 aromatic heterocycles. The maximum Gasteiger partial charge on any atom is 0.325 e. The van der Waals surface area contributed by atoms with Gasteiger partial charge in [0, 0.05) is 17.3 Å². The van der Waals surface area contributed by atoms with Crippen molar-refractivity contribution in [1.29, 1.82) is 0 Å². The Hall–Kier alpha value is -1.95. The van der Waals surface area contributed by atoms with Gasteiger partial charge in [-0.15, -0.1) is 11.3 Å². The van der Waals surface area contributed by atoms with Gasteiger partial charge in [0.2, 0.25) is 0 Å². The van der Waals surface area contributed by atoms with E-state index in [4.69, 9.17) is 5.73 Å². The van der Waals surface area contributed by atoms with Crippen molar-refractivity contribution >= 4 is 28.2 Å². The van der Waals surface area contributed by atoms with Crippen LogP contribution in [0.5, 0.6) is 0 Å². The molecule has 0 unspecified atom stereocenters. The van der Waals surface area contributed by atoms with Crippen molar-refractivity contribution in [3.8, 4) is 0 Å². The summed E-state index contributed by atoms with van der Waals surface area (Å²) in [5.74, 6) is 0.375. The number of hydrogen-bond donors (Lipinski definition) is 1. The summed E-state index contributed by atoms with van der Waals surface area (Å²) in [4.78, 5) is 22.3. The van der Waals surface area contributed by atoms with Crippen LogP contribution in [0.3, 0.4) is 0 Å². The molecule has 0 saturated heterocycles.